The van der Waals surface area contributed by atoms with Crippen LogP contribution < -0.4 is 15.8 Å². The number of para-hydroxylation sites is 1. The molecule has 0 aliphatic rings. The molecule has 2 aromatic heterocycles. The zero-order valence-electron chi connectivity index (χ0n) is 16.8. The van der Waals surface area contributed by atoms with Gasteiger partial charge in [0.05, 0.1) is 16.9 Å². The maximum absolute atomic E-state index is 13.1. The molecule has 4 rings (SSSR count). The van der Waals surface area contributed by atoms with Gasteiger partial charge in [-0.25, -0.2) is 5.10 Å². The van der Waals surface area contributed by atoms with Crippen LogP contribution in [0.4, 0.5) is 11.4 Å². The topological polar surface area (TPSA) is 108 Å². The lowest BCUT2D eigenvalue weighted by molar-refractivity contribution is 0.0965. The number of H-pyrrole nitrogens is 1. The molecule has 160 valence electrons. The summed E-state index contributed by atoms with van der Waals surface area (Å²) in [5.74, 6) is -0.620. The number of furan rings is 1. The first-order valence-corrected chi connectivity index (χ1v) is 10.3. The first-order chi connectivity index (χ1) is 15.4. The first-order valence-electron chi connectivity index (χ1n) is 9.52. The van der Waals surface area contributed by atoms with Crippen LogP contribution in [0.2, 0.25) is 0 Å². The van der Waals surface area contributed by atoms with Gasteiger partial charge in [-0.05, 0) is 58.4 Å². The highest BCUT2D eigenvalue weighted by molar-refractivity contribution is 9.10. The largest absolute Gasteiger partial charge is 0.444 e. The van der Waals surface area contributed by atoms with Gasteiger partial charge < -0.3 is 14.6 Å². The van der Waals surface area contributed by atoms with Crippen molar-refractivity contribution in [2.24, 2.45) is 0 Å². The number of halogens is 1. The van der Waals surface area contributed by atoms with Gasteiger partial charge in [0.25, 0.3) is 17.4 Å². The molecule has 0 unspecified atom stereocenters. The Morgan fingerprint density at radius 2 is 1.84 bits per heavy atom. The maximum Gasteiger partial charge on any atom is 0.293 e. The lowest BCUT2D eigenvalue weighted by atomic mass is 10.1. The van der Waals surface area contributed by atoms with Crippen LogP contribution in [0.3, 0.4) is 0 Å². The quantitative estimate of drug-likeness (QED) is 0.431. The third kappa shape index (κ3) is 4.52. The molecule has 0 aliphatic heterocycles. The Morgan fingerprint density at radius 3 is 2.56 bits per heavy atom. The van der Waals surface area contributed by atoms with E-state index >= 15 is 0 Å². The lowest BCUT2D eigenvalue weighted by Gasteiger charge is -2.19. The molecule has 4 aromatic rings. The predicted octanol–water partition coefficient (Wildman–Crippen LogP) is 4.32. The Balaban J connectivity index is 1.58. The number of hydrogen-bond acceptors (Lipinski definition) is 5. The number of carbonyl (C=O) groups is 2. The van der Waals surface area contributed by atoms with Gasteiger partial charge in [0.15, 0.2) is 10.4 Å². The van der Waals surface area contributed by atoms with Gasteiger partial charge in [0.1, 0.15) is 0 Å². The number of aromatic amines is 1. The van der Waals surface area contributed by atoms with Gasteiger partial charge in [-0.2, -0.15) is 5.10 Å². The molecular weight excluding hydrogens is 476 g/mol. The van der Waals surface area contributed by atoms with E-state index in [1.165, 1.54) is 11.0 Å². The van der Waals surface area contributed by atoms with Gasteiger partial charge >= 0.3 is 0 Å². The predicted molar refractivity (Wildman–Crippen MR) is 124 cm³/mol. The van der Waals surface area contributed by atoms with Crippen LogP contribution in [0.15, 0.2) is 86.7 Å². The molecule has 32 heavy (non-hydrogen) atoms. The number of benzene rings is 2. The molecule has 0 saturated carbocycles. The van der Waals surface area contributed by atoms with Crippen LogP contribution >= 0.6 is 15.9 Å². The highest BCUT2D eigenvalue weighted by Gasteiger charge is 2.22. The molecule has 0 bridgehead atoms. The van der Waals surface area contributed by atoms with Gasteiger partial charge in [0.2, 0.25) is 0 Å². The molecule has 2 amide bonds. The average molecular weight is 493 g/mol. The second kappa shape index (κ2) is 9.03. The Morgan fingerprint density at radius 1 is 1.03 bits per heavy atom. The summed E-state index contributed by atoms with van der Waals surface area (Å²) in [6.07, 6.45) is 0. The summed E-state index contributed by atoms with van der Waals surface area (Å²) in [6.45, 7) is 0. The van der Waals surface area contributed by atoms with Crippen molar-refractivity contribution in [1.82, 2.24) is 10.2 Å². The SMILES string of the molecule is CN(C(=O)c1ccc(Br)o1)c1ccccc1C(=O)Nc1cccc(-c2ccc(=O)[nH]n2)c1. The van der Waals surface area contributed by atoms with Crippen molar-refractivity contribution >= 4 is 39.1 Å². The van der Waals surface area contributed by atoms with E-state index in [0.29, 0.717) is 27.3 Å². The average Bonchev–Trinajstić information content (AvgIpc) is 3.25. The standard InChI is InChI=1S/C23H17BrN4O4/c1-28(23(31)19-10-11-20(24)32-19)18-8-3-2-7-16(18)22(30)25-15-6-4-5-14(13-15)17-9-12-21(29)27-26-17/h2-13H,1H3,(H,25,30)(H,27,29). The Hall–Kier alpha value is -3.98. The summed E-state index contributed by atoms with van der Waals surface area (Å²) in [7, 11) is 1.58. The van der Waals surface area contributed by atoms with Crippen molar-refractivity contribution < 1.29 is 14.0 Å². The summed E-state index contributed by atoms with van der Waals surface area (Å²) in [6, 6.07) is 20.0. The molecule has 2 aromatic carbocycles. The minimum Gasteiger partial charge on any atom is -0.444 e. The van der Waals surface area contributed by atoms with Gasteiger partial charge in [0, 0.05) is 24.4 Å². The molecule has 0 atom stereocenters. The number of aromatic nitrogens is 2. The second-order valence-electron chi connectivity index (χ2n) is 6.83. The zero-order valence-corrected chi connectivity index (χ0v) is 18.4. The van der Waals surface area contributed by atoms with Gasteiger partial charge in [-0.3, -0.25) is 14.4 Å². The van der Waals surface area contributed by atoms with Crippen LogP contribution in [0.25, 0.3) is 11.3 Å². The molecule has 2 heterocycles. The van der Waals surface area contributed by atoms with Crippen molar-refractivity contribution in [1.29, 1.82) is 0 Å². The molecule has 9 heteroatoms. The third-order valence-corrected chi connectivity index (χ3v) is 5.12. The monoisotopic (exact) mass is 492 g/mol. The molecule has 0 spiro atoms. The highest BCUT2D eigenvalue weighted by Crippen LogP contribution is 2.25. The van der Waals surface area contributed by atoms with Crippen LogP contribution in [-0.2, 0) is 0 Å². The third-order valence-electron chi connectivity index (χ3n) is 4.69. The first kappa shape index (κ1) is 21.3. The molecule has 0 fully saturated rings. The van der Waals surface area contributed by atoms with E-state index in [1.54, 1.807) is 67.7 Å². The minimum absolute atomic E-state index is 0.149. The van der Waals surface area contributed by atoms with Crippen molar-refractivity contribution in [3.8, 4) is 11.3 Å². The molecular formula is C23H17BrN4O4. The van der Waals surface area contributed by atoms with Crippen molar-refractivity contribution in [3.63, 3.8) is 0 Å². The van der Waals surface area contributed by atoms with E-state index in [2.05, 4.69) is 31.4 Å². The van der Waals surface area contributed by atoms with Gasteiger partial charge in [-0.1, -0.05) is 24.3 Å². The minimum atomic E-state index is -0.387. The van der Waals surface area contributed by atoms with E-state index in [9.17, 15) is 14.4 Å². The summed E-state index contributed by atoms with van der Waals surface area (Å²) >= 11 is 3.18. The fourth-order valence-electron chi connectivity index (χ4n) is 3.12. The van der Waals surface area contributed by atoms with Crippen molar-refractivity contribution in [2.75, 3.05) is 17.3 Å². The second-order valence-corrected chi connectivity index (χ2v) is 7.61. The number of anilines is 2. The zero-order chi connectivity index (χ0) is 22.7. The normalized spacial score (nSPS) is 10.6. The molecule has 8 nitrogen and oxygen atoms in total. The number of amides is 2. The summed E-state index contributed by atoms with van der Waals surface area (Å²) < 4.78 is 5.79. The smallest absolute Gasteiger partial charge is 0.293 e. The maximum atomic E-state index is 13.1. The van der Waals surface area contributed by atoms with E-state index in [4.69, 9.17) is 4.42 Å². The number of nitrogens with zero attached hydrogens (tertiary/aromatic N) is 2. The van der Waals surface area contributed by atoms with E-state index < -0.39 is 0 Å². The molecule has 2 N–H and O–H groups in total. The van der Waals surface area contributed by atoms with Crippen LogP contribution in [-0.4, -0.2) is 29.1 Å². The lowest BCUT2D eigenvalue weighted by Crippen LogP contribution is -2.28. The van der Waals surface area contributed by atoms with Crippen LogP contribution in [0, 0.1) is 0 Å². The van der Waals surface area contributed by atoms with Crippen LogP contribution in [0.5, 0.6) is 0 Å². The summed E-state index contributed by atoms with van der Waals surface area (Å²) in [5, 5.41) is 9.25. The molecule has 0 aliphatic carbocycles. The van der Waals surface area contributed by atoms with E-state index in [-0.39, 0.29) is 23.1 Å². The van der Waals surface area contributed by atoms with E-state index in [1.807, 2.05) is 6.07 Å². The Labute approximate surface area is 191 Å². The van der Waals surface area contributed by atoms with Crippen LogP contribution in [0.1, 0.15) is 20.9 Å². The van der Waals surface area contributed by atoms with Gasteiger partial charge in [-0.15, -0.1) is 0 Å². The highest BCUT2D eigenvalue weighted by atomic mass is 79.9. The fraction of sp³-hybridized carbons (Fsp3) is 0.0435. The number of carbonyl (C=O) groups excluding carboxylic acids is 2. The Kier molecular flexibility index (Phi) is 6.00. The summed E-state index contributed by atoms with van der Waals surface area (Å²) in [4.78, 5) is 38.4. The number of rotatable bonds is 5. The van der Waals surface area contributed by atoms with Crippen molar-refractivity contribution in [2.45, 2.75) is 0 Å². The summed E-state index contributed by atoms with van der Waals surface area (Å²) in [5.41, 5.74) is 2.29. The number of hydrogen-bond donors (Lipinski definition) is 2. The fourth-order valence-corrected chi connectivity index (χ4v) is 3.43. The van der Waals surface area contributed by atoms with Crippen molar-refractivity contribution in [3.05, 3.63) is 99.1 Å². The molecule has 0 saturated heterocycles. The number of nitrogens with one attached hydrogen (secondary N) is 2. The molecule has 0 radical (unpaired) electrons. The van der Waals surface area contributed by atoms with E-state index in [0.717, 1.165) is 5.56 Å². The Bertz CT molecular complexity index is 1340.